The number of aromatic nitrogens is 2. The number of aryl methyl sites for hydroxylation is 2. The summed E-state index contributed by atoms with van der Waals surface area (Å²) in [7, 11) is 0. The highest BCUT2D eigenvalue weighted by atomic mass is 19.4. The van der Waals surface area contributed by atoms with Crippen LogP contribution in [-0.4, -0.2) is 16.1 Å². The van der Waals surface area contributed by atoms with Crippen molar-refractivity contribution in [1.82, 2.24) is 10.2 Å². The van der Waals surface area contributed by atoms with E-state index in [9.17, 15) is 22.4 Å². The first-order valence-corrected chi connectivity index (χ1v) is 8.28. The molecular formula is C19H15F4N3O2. The number of alkyl halides is 3. The maximum absolute atomic E-state index is 13.7. The maximum atomic E-state index is 13.7. The summed E-state index contributed by atoms with van der Waals surface area (Å²) in [5, 5.41) is 9.92. The standard InChI is InChI=1S/C19H15F4N3O2/c1-11-5-6-14(20)15(9-11)24-16(27)7-8-17-25-26-18(28-17)12-3-2-4-13(10-12)19(21,22)23/h2-6,9-10H,7-8H2,1H3,(H,24,27). The molecule has 3 aromatic rings. The van der Waals surface area contributed by atoms with E-state index in [2.05, 4.69) is 15.5 Å². The third-order valence-electron chi connectivity index (χ3n) is 3.87. The molecule has 0 aliphatic carbocycles. The van der Waals surface area contributed by atoms with Crippen molar-refractivity contribution >= 4 is 11.6 Å². The van der Waals surface area contributed by atoms with Crippen molar-refractivity contribution in [2.45, 2.75) is 25.9 Å². The number of rotatable bonds is 5. The Hall–Kier alpha value is -3.23. The van der Waals surface area contributed by atoms with Crippen LogP contribution in [0.25, 0.3) is 11.5 Å². The number of halogens is 4. The lowest BCUT2D eigenvalue weighted by molar-refractivity contribution is -0.137. The van der Waals surface area contributed by atoms with Crippen LogP contribution in [0.3, 0.4) is 0 Å². The monoisotopic (exact) mass is 393 g/mol. The second-order valence-corrected chi connectivity index (χ2v) is 6.11. The van der Waals surface area contributed by atoms with Gasteiger partial charge in [-0.25, -0.2) is 4.39 Å². The van der Waals surface area contributed by atoms with E-state index in [1.165, 1.54) is 24.3 Å². The van der Waals surface area contributed by atoms with Gasteiger partial charge in [0.05, 0.1) is 11.3 Å². The SMILES string of the molecule is Cc1ccc(F)c(NC(=O)CCc2nnc(-c3cccc(C(F)(F)F)c3)o2)c1. The summed E-state index contributed by atoms with van der Waals surface area (Å²) in [4.78, 5) is 12.0. The number of benzene rings is 2. The highest BCUT2D eigenvalue weighted by Crippen LogP contribution is 2.31. The van der Waals surface area contributed by atoms with Gasteiger partial charge in [-0.05, 0) is 42.8 Å². The number of carbonyl (C=O) groups excluding carboxylic acids is 1. The van der Waals surface area contributed by atoms with E-state index in [-0.39, 0.29) is 35.9 Å². The van der Waals surface area contributed by atoms with Gasteiger partial charge in [0.25, 0.3) is 0 Å². The zero-order valence-electron chi connectivity index (χ0n) is 14.7. The normalized spacial score (nSPS) is 11.5. The van der Waals surface area contributed by atoms with E-state index in [0.717, 1.165) is 17.7 Å². The predicted molar refractivity (Wildman–Crippen MR) is 92.8 cm³/mol. The van der Waals surface area contributed by atoms with Crippen LogP contribution in [0.5, 0.6) is 0 Å². The first-order valence-electron chi connectivity index (χ1n) is 8.28. The summed E-state index contributed by atoms with van der Waals surface area (Å²) in [6.07, 6.45) is -4.48. The van der Waals surface area contributed by atoms with Crippen molar-refractivity contribution in [3.63, 3.8) is 0 Å². The van der Waals surface area contributed by atoms with Crippen LogP contribution < -0.4 is 5.32 Å². The minimum absolute atomic E-state index is 0.0579. The summed E-state index contributed by atoms with van der Waals surface area (Å²) in [5.41, 5.74) is 0.156. The first-order chi connectivity index (χ1) is 13.2. The Morgan fingerprint density at radius 2 is 1.93 bits per heavy atom. The van der Waals surface area contributed by atoms with Gasteiger partial charge < -0.3 is 9.73 Å². The van der Waals surface area contributed by atoms with E-state index in [0.29, 0.717) is 0 Å². The summed E-state index contributed by atoms with van der Waals surface area (Å²) < 4.78 is 57.4. The minimum Gasteiger partial charge on any atom is -0.421 e. The van der Waals surface area contributed by atoms with E-state index >= 15 is 0 Å². The van der Waals surface area contributed by atoms with Crippen LogP contribution in [0.1, 0.15) is 23.4 Å². The lowest BCUT2D eigenvalue weighted by Crippen LogP contribution is -2.13. The second-order valence-electron chi connectivity index (χ2n) is 6.11. The Labute approximate surface area is 157 Å². The lowest BCUT2D eigenvalue weighted by Gasteiger charge is -2.07. The number of amides is 1. The third kappa shape index (κ3) is 4.73. The van der Waals surface area contributed by atoms with Gasteiger partial charge in [0.15, 0.2) is 0 Å². The number of nitrogens with one attached hydrogen (secondary N) is 1. The Morgan fingerprint density at radius 1 is 1.14 bits per heavy atom. The molecule has 28 heavy (non-hydrogen) atoms. The van der Waals surface area contributed by atoms with Crippen LogP contribution in [0, 0.1) is 12.7 Å². The molecule has 0 radical (unpaired) electrons. The van der Waals surface area contributed by atoms with E-state index in [4.69, 9.17) is 4.42 Å². The molecule has 0 atom stereocenters. The molecule has 2 aromatic carbocycles. The maximum Gasteiger partial charge on any atom is 0.416 e. The molecule has 1 amide bonds. The Bertz CT molecular complexity index is 999. The lowest BCUT2D eigenvalue weighted by atomic mass is 10.1. The van der Waals surface area contributed by atoms with Gasteiger partial charge in [0.2, 0.25) is 17.7 Å². The highest BCUT2D eigenvalue weighted by molar-refractivity contribution is 5.91. The summed E-state index contributed by atoms with van der Waals surface area (Å²) in [6, 6.07) is 8.85. The van der Waals surface area contributed by atoms with Crippen LogP contribution >= 0.6 is 0 Å². The molecule has 0 saturated heterocycles. The largest absolute Gasteiger partial charge is 0.421 e. The Kier molecular flexibility index (Phi) is 5.43. The van der Waals surface area contributed by atoms with Crippen molar-refractivity contribution in [3.8, 4) is 11.5 Å². The number of carbonyl (C=O) groups is 1. The van der Waals surface area contributed by atoms with Gasteiger partial charge in [-0.2, -0.15) is 13.2 Å². The summed E-state index contributed by atoms with van der Waals surface area (Å²) in [5.74, 6) is -0.995. The molecule has 1 aromatic heterocycles. The smallest absolute Gasteiger partial charge is 0.416 e. The fraction of sp³-hybridized carbons (Fsp3) is 0.211. The molecule has 5 nitrogen and oxygen atoms in total. The number of nitrogens with zero attached hydrogens (tertiary/aromatic N) is 2. The summed E-state index contributed by atoms with van der Waals surface area (Å²) in [6.45, 7) is 1.77. The quantitative estimate of drug-likeness (QED) is 0.634. The Balaban J connectivity index is 1.64. The molecule has 0 aliphatic rings. The van der Waals surface area contributed by atoms with Gasteiger partial charge in [0, 0.05) is 18.4 Å². The third-order valence-corrected chi connectivity index (χ3v) is 3.87. The molecule has 3 rings (SSSR count). The fourth-order valence-corrected chi connectivity index (χ4v) is 2.47. The molecule has 146 valence electrons. The van der Waals surface area contributed by atoms with Crippen LogP contribution in [-0.2, 0) is 17.4 Å². The zero-order valence-corrected chi connectivity index (χ0v) is 14.7. The molecule has 9 heteroatoms. The van der Waals surface area contributed by atoms with Gasteiger partial charge in [-0.1, -0.05) is 12.1 Å². The molecule has 0 unspecified atom stereocenters. The molecule has 0 fully saturated rings. The molecule has 0 aliphatic heterocycles. The van der Waals surface area contributed by atoms with Gasteiger partial charge >= 0.3 is 6.18 Å². The first kappa shape index (κ1) is 19.5. The van der Waals surface area contributed by atoms with Crippen molar-refractivity contribution in [3.05, 3.63) is 65.3 Å². The van der Waals surface area contributed by atoms with E-state index in [1.54, 1.807) is 13.0 Å². The minimum atomic E-state index is -4.48. The Morgan fingerprint density at radius 3 is 2.68 bits per heavy atom. The van der Waals surface area contributed by atoms with Gasteiger partial charge in [-0.15, -0.1) is 10.2 Å². The van der Waals surface area contributed by atoms with E-state index < -0.39 is 23.5 Å². The predicted octanol–water partition coefficient (Wildman–Crippen LogP) is 4.77. The van der Waals surface area contributed by atoms with Crippen LogP contribution in [0.15, 0.2) is 46.9 Å². The van der Waals surface area contributed by atoms with Crippen molar-refractivity contribution in [2.75, 3.05) is 5.32 Å². The van der Waals surface area contributed by atoms with Crippen LogP contribution in [0.4, 0.5) is 23.2 Å². The summed E-state index contributed by atoms with van der Waals surface area (Å²) >= 11 is 0. The van der Waals surface area contributed by atoms with E-state index in [1.807, 2.05) is 0 Å². The topological polar surface area (TPSA) is 68.0 Å². The molecular weight excluding hydrogens is 378 g/mol. The highest BCUT2D eigenvalue weighted by Gasteiger charge is 2.30. The van der Waals surface area contributed by atoms with Gasteiger partial charge in [-0.3, -0.25) is 4.79 Å². The number of hydrogen-bond donors (Lipinski definition) is 1. The average molecular weight is 393 g/mol. The molecule has 1 heterocycles. The average Bonchev–Trinajstić information content (AvgIpc) is 3.12. The van der Waals surface area contributed by atoms with Crippen molar-refractivity contribution < 1.29 is 26.8 Å². The number of hydrogen-bond acceptors (Lipinski definition) is 4. The molecule has 0 bridgehead atoms. The fourth-order valence-electron chi connectivity index (χ4n) is 2.47. The van der Waals surface area contributed by atoms with Crippen molar-refractivity contribution in [1.29, 1.82) is 0 Å². The molecule has 1 N–H and O–H groups in total. The number of anilines is 1. The molecule has 0 spiro atoms. The van der Waals surface area contributed by atoms with Crippen LogP contribution in [0.2, 0.25) is 0 Å². The second kappa shape index (κ2) is 7.79. The van der Waals surface area contributed by atoms with Gasteiger partial charge in [0.1, 0.15) is 5.82 Å². The molecule has 0 saturated carbocycles. The van der Waals surface area contributed by atoms with Crippen molar-refractivity contribution in [2.24, 2.45) is 0 Å². The zero-order chi connectivity index (χ0) is 20.3.